The zero-order chi connectivity index (χ0) is 38.7. The van der Waals surface area contributed by atoms with Gasteiger partial charge in [-0.2, -0.15) is 0 Å². The van der Waals surface area contributed by atoms with E-state index in [-0.39, 0.29) is 0 Å². The van der Waals surface area contributed by atoms with Crippen molar-refractivity contribution in [2.75, 3.05) is 0 Å². The van der Waals surface area contributed by atoms with Gasteiger partial charge in [-0.15, -0.1) is 45.3 Å². The fourth-order valence-electron chi connectivity index (χ4n) is 9.77. The van der Waals surface area contributed by atoms with Crippen LogP contribution >= 0.6 is 45.3 Å². The van der Waals surface area contributed by atoms with Crippen molar-refractivity contribution >= 4 is 54.7 Å². The zero-order valence-corrected chi connectivity index (χ0v) is 36.8. The Labute approximate surface area is 348 Å². The molecule has 2 aliphatic rings. The molecule has 4 heterocycles. The molecule has 10 rings (SSSR count). The van der Waals surface area contributed by atoms with Crippen LogP contribution in [0.1, 0.15) is 146 Å². The molecule has 0 unspecified atom stereocenters. The van der Waals surface area contributed by atoms with Gasteiger partial charge in [0.2, 0.25) is 0 Å². The molecule has 0 bridgehead atoms. The lowest BCUT2D eigenvalue weighted by Gasteiger charge is -2.34. The molecule has 8 aromatic rings. The molecule has 56 heavy (non-hydrogen) atoms. The van der Waals surface area contributed by atoms with Crippen molar-refractivity contribution in [1.29, 1.82) is 0 Å². The largest absolute Gasteiger partial charge is 0.143 e. The molecule has 0 atom stereocenters. The van der Waals surface area contributed by atoms with E-state index in [4.69, 9.17) is 0 Å². The first-order chi connectivity index (χ1) is 27.1. The van der Waals surface area contributed by atoms with Crippen LogP contribution in [0.5, 0.6) is 0 Å². The average molecular weight is 801 g/mol. The maximum Gasteiger partial charge on any atom is 0.0744 e. The van der Waals surface area contributed by atoms with Crippen LogP contribution in [0.25, 0.3) is 28.9 Å². The summed E-state index contributed by atoms with van der Waals surface area (Å²) >= 11 is 7.96. The highest BCUT2D eigenvalue weighted by Crippen LogP contribution is 2.69. The van der Waals surface area contributed by atoms with Crippen LogP contribution in [0.3, 0.4) is 0 Å². The second-order valence-corrected chi connectivity index (χ2v) is 21.1. The molecule has 4 heteroatoms. The molecule has 0 saturated carbocycles. The predicted molar refractivity (Wildman–Crippen MR) is 246 cm³/mol. The van der Waals surface area contributed by atoms with Gasteiger partial charge in [0.25, 0.3) is 0 Å². The van der Waals surface area contributed by atoms with Crippen molar-refractivity contribution < 1.29 is 0 Å². The Kier molecular flexibility index (Phi) is 8.58. The van der Waals surface area contributed by atoms with E-state index in [1.165, 1.54) is 95.7 Å². The maximum absolute atomic E-state index is 2.45. The summed E-state index contributed by atoms with van der Waals surface area (Å²) < 4.78 is 2.92. The number of rotatable bonds is 8. The minimum Gasteiger partial charge on any atom is -0.143 e. The van der Waals surface area contributed by atoms with Crippen LogP contribution < -0.4 is 0 Å². The van der Waals surface area contributed by atoms with Crippen molar-refractivity contribution in [2.45, 2.75) is 89.9 Å². The monoisotopic (exact) mass is 800 g/mol. The Morgan fingerprint density at radius 2 is 0.607 bits per heavy atom. The molecule has 0 aliphatic heterocycles. The third kappa shape index (κ3) is 4.92. The number of thiophene rings is 4. The average Bonchev–Trinajstić information content (AvgIpc) is 4.05. The van der Waals surface area contributed by atoms with E-state index in [2.05, 4.69) is 198 Å². The first-order valence-electron chi connectivity index (χ1n) is 20.2. The van der Waals surface area contributed by atoms with Crippen molar-refractivity contribution in [3.05, 3.63) is 187 Å². The van der Waals surface area contributed by atoms with Crippen LogP contribution in [-0.2, 0) is 10.8 Å². The fraction of sp³-hybridized carbons (Fsp3) is 0.269. The van der Waals surface area contributed by atoms with E-state index in [1.54, 1.807) is 0 Å². The van der Waals surface area contributed by atoms with Gasteiger partial charge >= 0.3 is 0 Å². The Morgan fingerprint density at radius 3 is 0.857 bits per heavy atom. The zero-order valence-electron chi connectivity index (χ0n) is 33.5. The van der Waals surface area contributed by atoms with Crippen molar-refractivity contribution in [3.63, 3.8) is 0 Å². The van der Waals surface area contributed by atoms with E-state index < -0.39 is 10.8 Å². The lowest BCUT2D eigenvalue weighted by atomic mass is 9.67. The van der Waals surface area contributed by atoms with E-state index in [1.807, 2.05) is 22.7 Å². The summed E-state index contributed by atoms with van der Waals surface area (Å²) in [5, 5.41) is 4.67. The number of fused-ring (bicyclic) bond motifs is 9. The molecule has 0 fully saturated rings. The third-order valence-electron chi connectivity index (χ3n) is 12.9. The second-order valence-electron chi connectivity index (χ2n) is 17.2. The summed E-state index contributed by atoms with van der Waals surface area (Å²) in [6.07, 6.45) is 0. The summed E-state index contributed by atoms with van der Waals surface area (Å²) in [5.41, 5.74) is 16.0. The molecule has 0 nitrogen and oxygen atoms in total. The lowest BCUT2D eigenvalue weighted by Crippen LogP contribution is -2.29. The molecule has 0 radical (unpaired) electrons. The summed E-state index contributed by atoms with van der Waals surface area (Å²) in [4.78, 5) is 5.77. The number of hydrogen-bond acceptors (Lipinski definition) is 4. The molecule has 2 aliphatic carbocycles. The summed E-state index contributed by atoms with van der Waals surface area (Å²) in [6.45, 7) is 18.4. The predicted octanol–water partition coefficient (Wildman–Crippen LogP) is 16.3. The SMILES string of the molecule is CC(C)c1ccc(C2(c3ccc(C(C)C)cc3)c3ccsc3-c3sc4c5c(sc4c32)-c2sccc2C5(c2ccc(C(C)C)cc2)c2ccc(C(C)C)cc2)cc1. The quantitative estimate of drug-likeness (QED) is 0.144. The van der Waals surface area contributed by atoms with Gasteiger partial charge in [-0.25, -0.2) is 0 Å². The van der Waals surface area contributed by atoms with Gasteiger partial charge in [-0.1, -0.05) is 152 Å². The molecule has 0 spiro atoms. The third-order valence-corrected chi connectivity index (χ3v) is 17.6. The number of hydrogen-bond donors (Lipinski definition) is 0. The first kappa shape index (κ1) is 36.3. The van der Waals surface area contributed by atoms with Crippen LogP contribution in [-0.4, -0.2) is 0 Å². The van der Waals surface area contributed by atoms with E-state index in [0.717, 1.165) is 0 Å². The Balaban J connectivity index is 1.31. The van der Waals surface area contributed by atoms with Crippen molar-refractivity contribution in [2.24, 2.45) is 0 Å². The van der Waals surface area contributed by atoms with Gasteiger partial charge in [0.15, 0.2) is 0 Å². The number of benzene rings is 4. The van der Waals surface area contributed by atoms with Crippen molar-refractivity contribution in [1.82, 2.24) is 0 Å². The minimum absolute atomic E-state index is 0.411. The van der Waals surface area contributed by atoms with E-state index in [0.29, 0.717) is 23.7 Å². The van der Waals surface area contributed by atoms with Crippen LogP contribution in [0.4, 0.5) is 0 Å². The Bertz CT molecular complexity index is 2430. The highest BCUT2D eigenvalue weighted by Gasteiger charge is 2.54. The molecule has 0 amide bonds. The molecule has 280 valence electrons. The molecular formula is C52H48S4. The van der Waals surface area contributed by atoms with Gasteiger partial charge in [-0.3, -0.25) is 0 Å². The van der Waals surface area contributed by atoms with Gasteiger partial charge < -0.3 is 0 Å². The first-order valence-corrected chi connectivity index (χ1v) is 23.6. The van der Waals surface area contributed by atoms with Crippen molar-refractivity contribution in [3.8, 4) is 19.5 Å². The van der Waals surface area contributed by atoms with Gasteiger partial charge in [0, 0.05) is 20.9 Å². The van der Waals surface area contributed by atoms with E-state index in [9.17, 15) is 0 Å². The Morgan fingerprint density at radius 1 is 0.339 bits per heavy atom. The standard InChI is InChI=1S/C52H48S4/c1-29(2)33-9-17-37(18-10-33)51(38-19-11-34(12-20-38)30(3)4)41-25-27-53-45(41)47-43(51)49-50(55-47)44-48(56-49)46-42(26-28-54-46)52(44,39-21-13-35(14-22-39)31(5)6)40-23-15-36(16-24-40)32(7)8/h9-32H,1-8H3. The molecule has 0 saturated heterocycles. The topological polar surface area (TPSA) is 0 Å². The molecule has 4 aromatic heterocycles. The summed E-state index contributed by atoms with van der Waals surface area (Å²) in [7, 11) is 0. The van der Waals surface area contributed by atoms with Crippen LogP contribution in [0.15, 0.2) is 120 Å². The molecule has 4 aromatic carbocycles. The maximum atomic E-state index is 2.45. The highest BCUT2D eigenvalue weighted by atomic mass is 32.1. The van der Waals surface area contributed by atoms with Crippen LogP contribution in [0, 0.1) is 0 Å². The minimum atomic E-state index is -0.411. The normalized spacial score (nSPS) is 15.0. The van der Waals surface area contributed by atoms with Gasteiger partial charge in [0.05, 0.1) is 30.0 Å². The second kappa shape index (κ2) is 13.2. The van der Waals surface area contributed by atoms with E-state index >= 15 is 0 Å². The molecular weight excluding hydrogens is 753 g/mol. The van der Waals surface area contributed by atoms with Gasteiger partial charge in [0.1, 0.15) is 0 Å². The van der Waals surface area contributed by atoms with Crippen LogP contribution in [0.2, 0.25) is 0 Å². The fourth-order valence-corrected chi connectivity index (χ4v) is 15.1. The molecule has 0 N–H and O–H groups in total. The highest BCUT2D eigenvalue weighted by molar-refractivity contribution is 7.34. The Hall–Kier alpha value is -4.06. The summed E-state index contributed by atoms with van der Waals surface area (Å²) in [6, 6.07) is 43.5. The smallest absolute Gasteiger partial charge is 0.0744 e. The van der Waals surface area contributed by atoms with Gasteiger partial charge in [-0.05, 0) is 102 Å². The lowest BCUT2D eigenvalue weighted by molar-refractivity contribution is 0.769. The summed E-state index contributed by atoms with van der Waals surface area (Å²) in [5.74, 6) is 1.91.